The van der Waals surface area contributed by atoms with Gasteiger partial charge in [0, 0.05) is 39.0 Å². The maximum absolute atomic E-state index is 14.1. The Labute approximate surface area is 260 Å². The topological polar surface area (TPSA) is 99.1 Å². The Bertz CT molecular complexity index is 3100. The van der Waals surface area contributed by atoms with Crippen molar-refractivity contribution in [2.24, 2.45) is 0 Å². The zero-order valence-electron chi connectivity index (χ0n) is 30.4. The first-order chi connectivity index (χ1) is 25.0. The summed E-state index contributed by atoms with van der Waals surface area (Å²) in [6, 6.07) is 18.2. The van der Waals surface area contributed by atoms with Crippen LogP contribution in [-0.4, -0.2) is 29.3 Å². The van der Waals surface area contributed by atoms with Crippen molar-refractivity contribution in [3.8, 4) is 34.2 Å². The molecule has 0 aliphatic heterocycles. The number of aromatic nitrogens is 6. The second kappa shape index (κ2) is 9.37. The highest BCUT2D eigenvalue weighted by atomic mass is 16.3. The van der Waals surface area contributed by atoms with Crippen LogP contribution < -0.4 is 5.56 Å². The van der Waals surface area contributed by atoms with Gasteiger partial charge in [-0.3, -0.25) is 4.79 Å². The van der Waals surface area contributed by atoms with Crippen LogP contribution >= 0.6 is 0 Å². The fourth-order valence-electron chi connectivity index (χ4n) is 5.23. The average Bonchev–Trinajstić information content (AvgIpc) is 3.53. The van der Waals surface area contributed by atoms with E-state index in [1.165, 1.54) is 0 Å². The summed E-state index contributed by atoms with van der Waals surface area (Å²) in [5.41, 5.74) is 0.631. The number of hydrogen-bond acceptors (Lipinski definition) is 7. The summed E-state index contributed by atoms with van der Waals surface area (Å²) in [6.07, 6.45) is -0.556. The summed E-state index contributed by atoms with van der Waals surface area (Å²) in [5.74, 6) is -0.118. The monoisotopic (exact) mass is 576 g/mol. The maximum atomic E-state index is 14.1. The van der Waals surface area contributed by atoms with Gasteiger partial charge in [0.1, 0.15) is 11.2 Å². The summed E-state index contributed by atoms with van der Waals surface area (Å²) in [5, 5.41) is 1.08. The smallest absolute Gasteiger partial charge is 0.267 e. The molecule has 0 saturated carbocycles. The van der Waals surface area contributed by atoms with Gasteiger partial charge in [-0.15, -0.1) is 0 Å². The second-order valence-electron chi connectivity index (χ2n) is 9.95. The number of fused-ring (bicyclic) bond motifs is 7. The largest absolute Gasteiger partial charge is 0.456 e. The maximum Gasteiger partial charge on any atom is 0.267 e. The molecule has 0 atom stereocenters. The normalized spacial score (nSPS) is 14.3. The van der Waals surface area contributed by atoms with E-state index in [-0.39, 0.29) is 39.5 Å². The van der Waals surface area contributed by atoms with Gasteiger partial charge in [-0.25, -0.2) is 29.3 Å². The van der Waals surface area contributed by atoms with E-state index >= 15 is 0 Å². The van der Waals surface area contributed by atoms with Gasteiger partial charge in [0.05, 0.1) is 27.4 Å². The van der Waals surface area contributed by atoms with Crippen molar-refractivity contribution in [3.63, 3.8) is 0 Å². The van der Waals surface area contributed by atoms with Crippen molar-refractivity contribution in [2.45, 2.75) is 0 Å². The SMILES string of the molecule is [2H]c1c([2H])c([2H])c2c(c([2H])nc3nc4c([2H])c(-c5nc(-c6ccccc6)nc(-c6ccc7c(c6)oc6ccccc67)n5)c([2H])c([2H])c4c(=O)n32)c1[2H]. The molecular formula is C36H20N6O2. The summed E-state index contributed by atoms with van der Waals surface area (Å²) in [4.78, 5) is 36.6. The highest BCUT2D eigenvalue weighted by molar-refractivity contribution is 6.05. The molecule has 0 aliphatic rings. The van der Waals surface area contributed by atoms with E-state index in [9.17, 15) is 6.17 Å². The van der Waals surface area contributed by atoms with Gasteiger partial charge < -0.3 is 4.42 Å². The van der Waals surface area contributed by atoms with Crippen LogP contribution in [0.15, 0.2) is 130 Å². The zero-order chi connectivity index (χ0) is 36.2. The Morgan fingerprint density at radius 1 is 0.659 bits per heavy atom. The van der Waals surface area contributed by atoms with E-state index in [1.54, 1.807) is 18.2 Å². The molecule has 206 valence electrons. The van der Waals surface area contributed by atoms with Gasteiger partial charge in [0.2, 0.25) is 5.78 Å². The summed E-state index contributed by atoms with van der Waals surface area (Å²) >= 11 is 0. The molecule has 0 amide bonds. The van der Waals surface area contributed by atoms with Gasteiger partial charge in [-0.2, -0.15) is 0 Å². The third-order valence-corrected chi connectivity index (χ3v) is 7.31. The molecule has 0 spiro atoms. The van der Waals surface area contributed by atoms with Crippen LogP contribution in [0.1, 0.15) is 11.0 Å². The number of nitrogens with zero attached hydrogens (tertiary/aromatic N) is 6. The standard InChI is InChI=1S/C36H20N6O2/c43-35-27-17-15-22(18-28(27)38-36-37-20-24-10-4-6-12-29(24)42(35)36)33-39-32(21-8-2-1-3-9-21)40-34(41-33)23-14-16-26-25-11-5-7-13-30(25)44-31(26)19-23/h1-20H/i4D,6D,10D,12D,15D,17D,18D,20D. The van der Waals surface area contributed by atoms with E-state index in [1.807, 2.05) is 54.6 Å². The molecule has 9 aromatic rings. The molecule has 0 saturated heterocycles. The fraction of sp³-hybridized carbons (Fsp3) is 0. The van der Waals surface area contributed by atoms with Crippen LogP contribution in [-0.2, 0) is 0 Å². The van der Waals surface area contributed by atoms with Gasteiger partial charge >= 0.3 is 0 Å². The Kier molecular flexibility index (Phi) is 3.75. The molecule has 44 heavy (non-hydrogen) atoms. The number of hydrogen-bond donors (Lipinski definition) is 0. The predicted octanol–water partition coefficient (Wildman–Crippen LogP) is 7.48. The molecule has 0 N–H and O–H groups in total. The van der Waals surface area contributed by atoms with Crippen molar-refractivity contribution in [2.75, 3.05) is 0 Å². The third kappa shape index (κ3) is 3.78. The molecule has 4 aromatic heterocycles. The minimum absolute atomic E-state index is 0.122. The molecular weight excluding hydrogens is 548 g/mol. The number of furan rings is 1. The van der Waals surface area contributed by atoms with Crippen LogP contribution in [0.2, 0.25) is 0 Å². The first kappa shape index (κ1) is 17.6. The average molecular weight is 577 g/mol. The van der Waals surface area contributed by atoms with E-state index in [2.05, 4.69) is 19.9 Å². The number of benzene rings is 5. The van der Waals surface area contributed by atoms with Crippen molar-refractivity contribution in [3.05, 3.63) is 132 Å². The Morgan fingerprint density at radius 2 is 1.41 bits per heavy atom. The van der Waals surface area contributed by atoms with Crippen molar-refractivity contribution < 1.29 is 15.4 Å². The van der Waals surface area contributed by atoms with Gasteiger partial charge in [-0.1, -0.05) is 78.8 Å². The summed E-state index contributed by atoms with van der Waals surface area (Å²) in [7, 11) is 0. The van der Waals surface area contributed by atoms with Crippen molar-refractivity contribution in [1.29, 1.82) is 0 Å². The molecule has 0 aliphatic carbocycles. The zero-order valence-corrected chi connectivity index (χ0v) is 22.4. The Balaban J connectivity index is 1.33. The van der Waals surface area contributed by atoms with Crippen LogP contribution in [0.5, 0.6) is 0 Å². The highest BCUT2D eigenvalue weighted by Crippen LogP contribution is 2.32. The molecule has 8 nitrogen and oxygen atoms in total. The Morgan fingerprint density at radius 3 is 2.30 bits per heavy atom. The van der Waals surface area contributed by atoms with E-state index in [0.29, 0.717) is 22.3 Å². The highest BCUT2D eigenvalue weighted by Gasteiger charge is 2.16. The molecule has 8 heteroatoms. The molecule has 5 aromatic carbocycles. The fourth-order valence-corrected chi connectivity index (χ4v) is 5.23. The number of para-hydroxylation sites is 2. The molecule has 0 fully saturated rings. The first-order valence-corrected chi connectivity index (χ1v) is 13.5. The first-order valence-electron chi connectivity index (χ1n) is 17.5. The lowest BCUT2D eigenvalue weighted by atomic mass is 10.1. The van der Waals surface area contributed by atoms with Crippen molar-refractivity contribution in [1.82, 2.24) is 29.3 Å². The molecule has 9 rings (SSSR count). The summed E-state index contributed by atoms with van der Waals surface area (Å²) < 4.78 is 75.7. The van der Waals surface area contributed by atoms with Gasteiger partial charge in [0.15, 0.2) is 17.5 Å². The van der Waals surface area contributed by atoms with Gasteiger partial charge in [0.25, 0.3) is 5.56 Å². The predicted molar refractivity (Wildman–Crippen MR) is 171 cm³/mol. The lowest BCUT2D eigenvalue weighted by Gasteiger charge is -2.10. The van der Waals surface area contributed by atoms with E-state index < -0.39 is 65.2 Å². The Hall–Kier alpha value is -6.28. The van der Waals surface area contributed by atoms with Crippen LogP contribution in [0.4, 0.5) is 0 Å². The third-order valence-electron chi connectivity index (χ3n) is 7.31. The summed E-state index contributed by atoms with van der Waals surface area (Å²) in [6.45, 7) is 0. The van der Waals surface area contributed by atoms with Crippen LogP contribution in [0.25, 0.3) is 83.7 Å². The molecule has 0 unspecified atom stereocenters. The minimum Gasteiger partial charge on any atom is -0.456 e. The van der Waals surface area contributed by atoms with Crippen molar-refractivity contribution >= 4 is 49.5 Å². The van der Waals surface area contributed by atoms with E-state index in [0.717, 1.165) is 15.2 Å². The van der Waals surface area contributed by atoms with Crippen LogP contribution in [0.3, 0.4) is 0 Å². The lowest BCUT2D eigenvalue weighted by Crippen LogP contribution is -2.17. The molecule has 0 radical (unpaired) electrons. The van der Waals surface area contributed by atoms with Crippen LogP contribution in [0, 0.1) is 0 Å². The molecule has 4 heterocycles. The number of rotatable bonds is 3. The lowest BCUT2D eigenvalue weighted by molar-refractivity contribution is 0.669. The minimum atomic E-state index is -0.985. The van der Waals surface area contributed by atoms with E-state index in [4.69, 9.17) is 19.0 Å². The second-order valence-corrected chi connectivity index (χ2v) is 9.95. The quantitative estimate of drug-likeness (QED) is 0.159. The van der Waals surface area contributed by atoms with Gasteiger partial charge in [-0.05, 0) is 36.3 Å². The molecule has 0 bridgehead atoms.